The minimum absolute atomic E-state index is 0.0522. The predicted octanol–water partition coefficient (Wildman–Crippen LogP) is 1.41. The Labute approximate surface area is 122 Å². The number of nitrogens with one attached hydrogen (secondary N) is 1. The fourth-order valence-corrected chi connectivity index (χ4v) is 1.81. The number of aromatic nitrogens is 1. The van der Waals surface area contributed by atoms with E-state index in [9.17, 15) is 4.79 Å². The van der Waals surface area contributed by atoms with Gasteiger partial charge in [0.2, 0.25) is 0 Å². The Morgan fingerprint density at radius 2 is 2.00 bits per heavy atom. The van der Waals surface area contributed by atoms with E-state index in [1.165, 1.54) is 6.20 Å². The molecular weight excluding hydrogens is 268 g/mol. The Morgan fingerprint density at radius 1 is 1.29 bits per heavy atom. The second kappa shape index (κ2) is 6.51. The van der Waals surface area contributed by atoms with E-state index in [4.69, 9.17) is 10.9 Å². The van der Waals surface area contributed by atoms with Crippen LogP contribution >= 0.6 is 0 Å². The number of aryl methyl sites for hydroxylation is 1. The molecule has 6 heteroatoms. The Morgan fingerprint density at radius 3 is 2.62 bits per heavy atom. The van der Waals surface area contributed by atoms with E-state index in [2.05, 4.69) is 15.5 Å². The van der Waals surface area contributed by atoms with Gasteiger partial charge in [0.05, 0.1) is 5.56 Å². The maximum atomic E-state index is 12.0. The van der Waals surface area contributed by atoms with Crippen molar-refractivity contribution in [1.82, 2.24) is 10.3 Å². The molecular formula is C15H16N4O2. The van der Waals surface area contributed by atoms with Crippen LogP contribution < -0.4 is 11.1 Å². The number of amidine groups is 1. The first-order valence-electron chi connectivity index (χ1n) is 6.37. The van der Waals surface area contributed by atoms with Crippen LogP contribution in [0.15, 0.2) is 47.9 Å². The molecule has 1 aromatic heterocycles. The molecule has 0 aliphatic rings. The first-order valence-corrected chi connectivity index (χ1v) is 6.37. The van der Waals surface area contributed by atoms with Gasteiger partial charge in [0.1, 0.15) is 0 Å². The minimum Gasteiger partial charge on any atom is -0.409 e. The van der Waals surface area contributed by atoms with E-state index < -0.39 is 0 Å². The third-order valence-electron chi connectivity index (χ3n) is 2.95. The molecule has 0 bridgehead atoms. The second-order valence-electron chi connectivity index (χ2n) is 4.62. The van der Waals surface area contributed by atoms with E-state index in [1.807, 2.05) is 19.1 Å². The summed E-state index contributed by atoms with van der Waals surface area (Å²) >= 11 is 0. The zero-order chi connectivity index (χ0) is 15.2. The molecule has 2 rings (SSSR count). The number of amides is 1. The fraction of sp³-hybridized carbons (Fsp3) is 0.133. The average molecular weight is 284 g/mol. The summed E-state index contributed by atoms with van der Waals surface area (Å²) < 4.78 is 0. The van der Waals surface area contributed by atoms with E-state index >= 15 is 0 Å². The van der Waals surface area contributed by atoms with Gasteiger partial charge in [0.15, 0.2) is 5.84 Å². The van der Waals surface area contributed by atoms with Crippen molar-refractivity contribution in [3.63, 3.8) is 0 Å². The standard InChI is InChI=1S/C15H16N4O2/c1-10-6-13(9-17-7-10)15(20)18-8-11-2-4-12(5-3-11)14(16)19-21/h2-7,9,21H,8H2,1H3,(H2,16,19)(H,18,20). The van der Waals surface area contributed by atoms with E-state index in [0.717, 1.165) is 11.1 Å². The largest absolute Gasteiger partial charge is 0.409 e. The number of benzene rings is 1. The predicted molar refractivity (Wildman–Crippen MR) is 79.1 cm³/mol. The number of pyridine rings is 1. The Bertz CT molecular complexity index is 666. The molecule has 1 heterocycles. The van der Waals surface area contributed by atoms with E-state index in [-0.39, 0.29) is 11.7 Å². The van der Waals surface area contributed by atoms with Gasteiger partial charge in [0, 0.05) is 24.5 Å². The third-order valence-corrected chi connectivity index (χ3v) is 2.95. The average Bonchev–Trinajstić information content (AvgIpc) is 2.52. The minimum atomic E-state index is -0.174. The van der Waals surface area contributed by atoms with Crippen LogP contribution in [-0.4, -0.2) is 21.9 Å². The molecule has 21 heavy (non-hydrogen) atoms. The van der Waals surface area contributed by atoms with Gasteiger partial charge >= 0.3 is 0 Å². The third kappa shape index (κ3) is 3.79. The summed E-state index contributed by atoms with van der Waals surface area (Å²) in [7, 11) is 0. The van der Waals surface area contributed by atoms with Gasteiger partial charge in [-0.3, -0.25) is 9.78 Å². The molecule has 0 atom stereocenters. The lowest BCUT2D eigenvalue weighted by molar-refractivity contribution is 0.0950. The summed E-state index contributed by atoms with van der Waals surface area (Å²) in [5.74, 6) is -0.122. The topological polar surface area (TPSA) is 101 Å². The number of carbonyl (C=O) groups excluding carboxylic acids is 1. The van der Waals surface area contributed by atoms with Crippen LogP contribution in [0.1, 0.15) is 27.0 Å². The second-order valence-corrected chi connectivity index (χ2v) is 4.62. The summed E-state index contributed by atoms with van der Waals surface area (Å²) in [4.78, 5) is 16.0. The van der Waals surface area contributed by atoms with Gasteiger partial charge < -0.3 is 16.3 Å². The van der Waals surface area contributed by atoms with Crippen molar-refractivity contribution >= 4 is 11.7 Å². The van der Waals surface area contributed by atoms with Gasteiger partial charge in [-0.15, -0.1) is 0 Å². The molecule has 0 aliphatic heterocycles. The number of oxime groups is 1. The highest BCUT2D eigenvalue weighted by Crippen LogP contribution is 2.05. The lowest BCUT2D eigenvalue weighted by Gasteiger charge is -2.06. The fourth-order valence-electron chi connectivity index (χ4n) is 1.81. The molecule has 0 fully saturated rings. The highest BCUT2D eigenvalue weighted by molar-refractivity contribution is 5.97. The molecule has 6 nitrogen and oxygen atoms in total. The molecule has 0 radical (unpaired) electrons. The maximum absolute atomic E-state index is 12.0. The maximum Gasteiger partial charge on any atom is 0.253 e. The number of nitrogens with zero attached hydrogens (tertiary/aromatic N) is 2. The first-order chi connectivity index (χ1) is 10.1. The van der Waals surface area contributed by atoms with Crippen molar-refractivity contribution < 1.29 is 10.0 Å². The van der Waals surface area contributed by atoms with Crippen molar-refractivity contribution in [2.45, 2.75) is 13.5 Å². The van der Waals surface area contributed by atoms with Crippen LogP contribution in [0, 0.1) is 6.92 Å². The molecule has 4 N–H and O–H groups in total. The lowest BCUT2D eigenvalue weighted by atomic mass is 10.1. The van der Waals surface area contributed by atoms with Crippen molar-refractivity contribution in [1.29, 1.82) is 0 Å². The van der Waals surface area contributed by atoms with Gasteiger partial charge in [-0.1, -0.05) is 29.4 Å². The summed E-state index contributed by atoms with van der Waals surface area (Å²) in [6.45, 7) is 2.28. The number of hydrogen-bond donors (Lipinski definition) is 3. The van der Waals surface area contributed by atoms with Gasteiger partial charge in [-0.25, -0.2) is 0 Å². The number of rotatable bonds is 4. The van der Waals surface area contributed by atoms with Crippen LogP contribution in [0.5, 0.6) is 0 Å². The van der Waals surface area contributed by atoms with E-state index in [1.54, 1.807) is 24.4 Å². The number of carbonyl (C=O) groups is 1. The molecule has 2 aromatic rings. The number of hydrogen-bond acceptors (Lipinski definition) is 4. The van der Waals surface area contributed by atoms with Crippen LogP contribution in [0.25, 0.3) is 0 Å². The van der Waals surface area contributed by atoms with Crippen LogP contribution in [0.4, 0.5) is 0 Å². The zero-order valence-electron chi connectivity index (χ0n) is 11.6. The van der Waals surface area contributed by atoms with E-state index in [0.29, 0.717) is 17.7 Å². The SMILES string of the molecule is Cc1cncc(C(=O)NCc2ccc(C(N)=NO)cc2)c1. The van der Waals surface area contributed by atoms with Crippen LogP contribution in [0.3, 0.4) is 0 Å². The summed E-state index contributed by atoms with van der Waals surface area (Å²) in [6, 6.07) is 8.85. The normalized spacial score (nSPS) is 11.2. The first kappa shape index (κ1) is 14.5. The number of nitrogens with two attached hydrogens (primary N) is 1. The van der Waals surface area contributed by atoms with Gasteiger partial charge in [-0.2, -0.15) is 0 Å². The van der Waals surface area contributed by atoms with Crippen LogP contribution in [-0.2, 0) is 6.54 Å². The molecule has 0 aliphatic carbocycles. The summed E-state index contributed by atoms with van der Waals surface area (Å²) in [5.41, 5.74) is 8.48. The molecule has 1 amide bonds. The lowest BCUT2D eigenvalue weighted by Crippen LogP contribution is -2.23. The Hall–Kier alpha value is -2.89. The molecule has 0 spiro atoms. The van der Waals surface area contributed by atoms with Gasteiger partial charge in [0.25, 0.3) is 5.91 Å². The molecule has 0 unspecified atom stereocenters. The zero-order valence-corrected chi connectivity index (χ0v) is 11.6. The van der Waals surface area contributed by atoms with Crippen LogP contribution in [0.2, 0.25) is 0 Å². The highest BCUT2D eigenvalue weighted by Gasteiger charge is 2.06. The van der Waals surface area contributed by atoms with Crippen molar-refractivity contribution in [3.05, 3.63) is 65.0 Å². The van der Waals surface area contributed by atoms with Crippen molar-refractivity contribution in [2.75, 3.05) is 0 Å². The Kier molecular flexibility index (Phi) is 4.50. The molecule has 0 saturated heterocycles. The monoisotopic (exact) mass is 284 g/mol. The quantitative estimate of drug-likeness (QED) is 0.342. The van der Waals surface area contributed by atoms with Crippen molar-refractivity contribution in [3.8, 4) is 0 Å². The van der Waals surface area contributed by atoms with Crippen molar-refractivity contribution in [2.24, 2.45) is 10.9 Å². The molecule has 108 valence electrons. The highest BCUT2D eigenvalue weighted by atomic mass is 16.4. The molecule has 0 saturated carbocycles. The smallest absolute Gasteiger partial charge is 0.253 e. The summed E-state index contributed by atoms with van der Waals surface area (Å²) in [6.07, 6.45) is 3.23. The molecule has 1 aromatic carbocycles. The summed E-state index contributed by atoms with van der Waals surface area (Å²) in [5, 5.41) is 14.3. The Balaban J connectivity index is 1.98. The van der Waals surface area contributed by atoms with Gasteiger partial charge in [-0.05, 0) is 24.1 Å².